The molecule has 0 unspecified atom stereocenters. The average Bonchev–Trinajstić information content (AvgIpc) is 3.32. The molecule has 9 aromatic carbocycles. The van der Waals surface area contributed by atoms with Gasteiger partial charge in [-0.1, -0.05) is 178 Å². The fourth-order valence-electron chi connectivity index (χ4n) is 9.57. The maximum Gasteiger partial charge on any atom is 0.252 e. The molecule has 290 valence electrons. The van der Waals surface area contributed by atoms with Gasteiger partial charge in [-0.3, -0.25) is 0 Å². The third-order valence-electron chi connectivity index (χ3n) is 12.5. The molecule has 2 nitrogen and oxygen atoms in total. The maximum atomic E-state index is 2.56. The Morgan fingerprint density at radius 3 is 1.13 bits per heavy atom. The summed E-state index contributed by atoms with van der Waals surface area (Å²) in [6.45, 7) is 6.99. The smallest absolute Gasteiger partial charge is 0.252 e. The van der Waals surface area contributed by atoms with Crippen molar-refractivity contribution < 1.29 is 0 Å². The van der Waals surface area contributed by atoms with E-state index < -0.39 is 0 Å². The van der Waals surface area contributed by atoms with Gasteiger partial charge in [0.25, 0.3) is 6.71 Å². The van der Waals surface area contributed by atoms with E-state index in [0.717, 1.165) is 11.4 Å². The van der Waals surface area contributed by atoms with Gasteiger partial charge in [0, 0.05) is 34.1 Å². The number of nitrogens with zero attached hydrogens (tertiary/aromatic N) is 2. The van der Waals surface area contributed by atoms with Gasteiger partial charge < -0.3 is 9.80 Å². The predicted molar refractivity (Wildman–Crippen MR) is 261 cm³/mol. The van der Waals surface area contributed by atoms with Gasteiger partial charge in [-0.05, 0) is 133 Å². The van der Waals surface area contributed by atoms with E-state index in [1.54, 1.807) is 0 Å². The molecule has 2 heterocycles. The number of rotatable bonds is 6. The molecule has 0 bridgehead atoms. The first-order valence-electron chi connectivity index (χ1n) is 21.4. The monoisotopic (exact) mass is 780 g/mol. The molecule has 0 amide bonds. The van der Waals surface area contributed by atoms with E-state index in [1.165, 1.54) is 89.2 Å². The average molecular weight is 781 g/mol. The highest BCUT2D eigenvalue weighted by Crippen LogP contribution is 2.47. The second-order valence-electron chi connectivity index (χ2n) is 17.4. The zero-order valence-electron chi connectivity index (χ0n) is 34.8. The van der Waals surface area contributed by atoms with Crippen LogP contribution in [0, 0.1) is 0 Å². The van der Waals surface area contributed by atoms with E-state index >= 15 is 0 Å². The van der Waals surface area contributed by atoms with Crippen LogP contribution in [0.1, 0.15) is 26.3 Å². The minimum absolute atomic E-state index is 0.0363. The zero-order valence-corrected chi connectivity index (χ0v) is 34.8. The van der Waals surface area contributed by atoms with Crippen LogP contribution in [0.15, 0.2) is 218 Å². The molecule has 3 heteroatoms. The molecule has 0 aliphatic carbocycles. The molecule has 0 fully saturated rings. The Kier molecular flexibility index (Phi) is 8.86. The minimum Gasteiger partial charge on any atom is -0.311 e. The summed E-state index contributed by atoms with van der Waals surface area (Å²) in [4.78, 5) is 5.08. The third-order valence-corrected chi connectivity index (χ3v) is 12.5. The maximum absolute atomic E-state index is 2.56. The van der Waals surface area contributed by atoms with Gasteiger partial charge in [-0.25, -0.2) is 0 Å². The van der Waals surface area contributed by atoms with Crippen LogP contribution in [0.2, 0.25) is 0 Å². The summed E-state index contributed by atoms with van der Waals surface area (Å²) >= 11 is 0. The number of hydrogen-bond donors (Lipinski definition) is 0. The van der Waals surface area contributed by atoms with E-state index in [0.29, 0.717) is 0 Å². The number of benzene rings is 9. The summed E-state index contributed by atoms with van der Waals surface area (Å²) in [5, 5.41) is 0. The fourth-order valence-corrected chi connectivity index (χ4v) is 9.57. The van der Waals surface area contributed by atoms with E-state index in [2.05, 4.69) is 249 Å². The van der Waals surface area contributed by atoms with Crippen molar-refractivity contribution in [1.82, 2.24) is 0 Å². The van der Waals surface area contributed by atoms with Gasteiger partial charge in [-0.2, -0.15) is 0 Å². The lowest BCUT2D eigenvalue weighted by Gasteiger charge is -2.44. The largest absolute Gasteiger partial charge is 0.311 e. The molecule has 11 rings (SSSR count). The molecule has 0 spiro atoms. The van der Waals surface area contributed by atoms with Gasteiger partial charge in [0.2, 0.25) is 0 Å². The Morgan fingerprint density at radius 2 is 0.689 bits per heavy atom. The van der Waals surface area contributed by atoms with Gasteiger partial charge in [0.1, 0.15) is 0 Å². The molecule has 0 atom stereocenters. The summed E-state index contributed by atoms with van der Waals surface area (Å²) in [6.07, 6.45) is 0. The van der Waals surface area contributed by atoms with Gasteiger partial charge in [0.05, 0.1) is 0 Å². The lowest BCUT2D eigenvalue weighted by molar-refractivity contribution is 0.590. The van der Waals surface area contributed by atoms with Crippen LogP contribution in [0.3, 0.4) is 0 Å². The molecule has 0 N–H and O–H groups in total. The first-order chi connectivity index (χ1) is 29.9. The standard InChI is InChI=1S/C58H45BN2/c1-58(2,3)48-31-32-52-56(39-48)61(50-37-46(42-23-12-6-13-24-42)34-47(38-50)43-25-14-7-15-26-43)55-30-18-29-54-57(55)59(52)51-27-16-17-28-53(51)60(54)49-35-44(40-19-8-4-9-20-40)33-45(36-49)41-21-10-5-11-22-41/h4-39H,1-3H3. The van der Waals surface area contributed by atoms with Crippen LogP contribution >= 0.6 is 0 Å². The van der Waals surface area contributed by atoms with Crippen LogP contribution < -0.4 is 26.2 Å². The highest BCUT2D eigenvalue weighted by atomic mass is 15.2. The van der Waals surface area contributed by atoms with E-state index in [1.807, 2.05) is 0 Å². The van der Waals surface area contributed by atoms with Gasteiger partial charge in [-0.15, -0.1) is 0 Å². The van der Waals surface area contributed by atoms with Crippen molar-refractivity contribution in [2.75, 3.05) is 9.80 Å². The topological polar surface area (TPSA) is 6.48 Å². The lowest BCUT2D eigenvalue weighted by Crippen LogP contribution is -2.61. The predicted octanol–water partition coefficient (Wildman–Crippen LogP) is 13.7. The van der Waals surface area contributed by atoms with Crippen LogP contribution in [-0.4, -0.2) is 6.71 Å². The van der Waals surface area contributed by atoms with Crippen molar-refractivity contribution in [3.8, 4) is 44.5 Å². The Labute approximate surface area is 360 Å². The van der Waals surface area contributed by atoms with Crippen molar-refractivity contribution in [2.24, 2.45) is 0 Å². The summed E-state index contributed by atoms with van der Waals surface area (Å²) < 4.78 is 0. The molecule has 0 radical (unpaired) electrons. The highest BCUT2D eigenvalue weighted by Gasteiger charge is 2.43. The minimum atomic E-state index is -0.0363. The third kappa shape index (κ3) is 6.45. The molecule has 2 aliphatic rings. The summed E-state index contributed by atoms with van der Waals surface area (Å²) in [7, 11) is 0. The Morgan fingerprint density at radius 1 is 0.311 bits per heavy atom. The molecule has 0 saturated carbocycles. The number of fused-ring (bicyclic) bond motifs is 4. The summed E-state index contributed by atoms with van der Waals surface area (Å²) in [6, 6.07) is 80.6. The molecule has 2 aliphatic heterocycles. The van der Waals surface area contributed by atoms with Crippen molar-refractivity contribution in [1.29, 1.82) is 0 Å². The molecule has 0 aromatic heterocycles. The van der Waals surface area contributed by atoms with Crippen LogP contribution in [0.25, 0.3) is 44.5 Å². The van der Waals surface area contributed by atoms with Crippen molar-refractivity contribution in [3.63, 3.8) is 0 Å². The molecular weight excluding hydrogens is 735 g/mol. The summed E-state index contributed by atoms with van der Waals surface area (Å²) in [5.41, 5.74) is 21.9. The first-order valence-corrected chi connectivity index (χ1v) is 21.4. The van der Waals surface area contributed by atoms with E-state index in [4.69, 9.17) is 0 Å². The van der Waals surface area contributed by atoms with Gasteiger partial charge in [0.15, 0.2) is 0 Å². The summed E-state index contributed by atoms with van der Waals surface area (Å²) in [5.74, 6) is 0. The van der Waals surface area contributed by atoms with E-state index in [9.17, 15) is 0 Å². The second-order valence-corrected chi connectivity index (χ2v) is 17.4. The van der Waals surface area contributed by atoms with Crippen LogP contribution in [0.4, 0.5) is 34.1 Å². The van der Waals surface area contributed by atoms with Gasteiger partial charge >= 0.3 is 0 Å². The van der Waals surface area contributed by atoms with Crippen molar-refractivity contribution in [2.45, 2.75) is 26.2 Å². The van der Waals surface area contributed by atoms with Crippen molar-refractivity contribution >= 4 is 57.2 Å². The molecule has 61 heavy (non-hydrogen) atoms. The molecular formula is C58H45BN2. The second kappa shape index (κ2) is 14.7. The zero-order chi connectivity index (χ0) is 41.1. The van der Waals surface area contributed by atoms with E-state index in [-0.39, 0.29) is 12.1 Å². The quantitative estimate of drug-likeness (QED) is 0.155. The highest BCUT2D eigenvalue weighted by molar-refractivity contribution is 7.00. The normalized spacial score (nSPS) is 12.7. The Balaban J connectivity index is 1.19. The number of anilines is 6. The lowest BCUT2D eigenvalue weighted by atomic mass is 9.33. The molecule has 0 saturated heterocycles. The van der Waals surface area contributed by atoms with Crippen molar-refractivity contribution in [3.05, 3.63) is 224 Å². The fraction of sp³-hybridized carbons (Fsp3) is 0.0690. The Bertz CT molecular complexity index is 2950. The molecule has 9 aromatic rings. The first kappa shape index (κ1) is 36.7. The van der Waals surface area contributed by atoms with Crippen LogP contribution in [0.5, 0.6) is 0 Å². The number of para-hydroxylation sites is 1. The van der Waals surface area contributed by atoms with Crippen LogP contribution in [-0.2, 0) is 5.41 Å². The SMILES string of the molecule is CC(C)(C)c1ccc2c(c1)N(c1cc(-c3ccccc3)cc(-c3ccccc3)c1)c1cccc3c1B2c1ccccc1N3c1cc(-c2ccccc2)cc(-c2ccccc2)c1. The number of hydrogen-bond acceptors (Lipinski definition) is 2. The Hall–Kier alpha value is -7.36.